The first-order valence-electron chi connectivity index (χ1n) is 5.08. The predicted molar refractivity (Wildman–Crippen MR) is 63.2 cm³/mol. The molecule has 0 aromatic heterocycles. The van der Waals surface area contributed by atoms with E-state index in [9.17, 15) is 13.8 Å². The molecule has 0 bridgehead atoms. The van der Waals surface area contributed by atoms with Crippen LogP contribution in [0.15, 0.2) is 0 Å². The second-order valence-electron chi connectivity index (χ2n) is 3.68. The zero-order valence-corrected chi connectivity index (χ0v) is 10.6. The van der Waals surface area contributed by atoms with Crippen molar-refractivity contribution in [2.45, 2.75) is 25.5 Å². The van der Waals surface area contributed by atoms with Gasteiger partial charge in [-0.05, 0) is 13.3 Å². The van der Waals surface area contributed by atoms with Gasteiger partial charge in [0.25, 0.3) is 0 Å². The molecule has 0 aliphatic heterocycles. The molecule has 0 radical (unpaired) electrons. The first-order chi connectivity index (χ1) is 7.82. The number of aliphatic carboxylic acids is 1. The van der Waals surface area contributed by atoms with Crippen molar-refractivity contribution >= 4 is 22.8 Å². The van der Waals surface area contributed by atoms with Gasteiger partial charge in [-0.25, -0.2) is 9.59 Å². The Morgan fingerprint density at radius 3 is 2.47 bits per heavy atom. The smallest absolute Gasteiger partial charge is 0.334 e. The van der Waals surface area contributed by atoms with E-state index in [1.807, 2.05) is 0 Å². The molecule has 2 unspecified atom stereocenters. The van der Waals surface area contributed by atoms with Crippen molar-refractivity contribution in [1.29, 1.82) is 0 Å². The van der Waals surface area contributed by atoms with E-state index in [-0.39, 0.29) is 12.6 Å². The number of carbonyl (C=O) groups excluding carboxylic acids is 1. The number of hydrogen-bond acceptors (Lipinski definition) is 4. The maximum Gasteiger partial charge on any atom is 0.334 e. The summed E-state index contributed by atoms with van der Waals surface area (Å²) in [5, 5.41) is 22.0. The van der Waals surface area contributed by atoms with Crippen LogP contribution in [-0.4, -0.2) is 57.1 Å². The number of amides is 2. The zero-order valence-electron chi connectivity index (χ0n) is 9.80. The van der Waals surface area contributed by atoms with Crippen LogP contribution < -0.4 is 10.6 Å². The summed E-state index contributed by atoms with van der Waals surface area (Å²) in [6, 6.07) is -0.722. The van der Waals surface area contributed by atoms with Gasteiger partial charge in [-0.1, -0.05) is 0 Å². The molecule has 0 aromatic rings. The summed E-state index contributed by atoms with van der Waals surface area (Å²) in [4.78, 5) is 21.5. The van der Waals surface area contributed by atoms with Crippen molar-refractivity contribution < 1.29 is 24.0 Å². The van der Waals surface area contributed by atoms with Crippen LogP contribution in [0.3, 0.4) is 0 Å². The van der Waals surface area contributed by atoms with E-state index < -0.39 is 28.9 Å². The summed E-state index contributed by atoms with van der Waals surface area (Å²) in [5.41, 5.74) is 0. The fourth-order valence-electron chi connectivity index (χ4n) is 0.966. The molecular formula is C9H18N2O5S. The van der Waals surface area contributed by atoms with Crippen LogP contribution in [0, 0.1) is 0 Å². The molecule has 0 aromatic carbocycles. The molecule has 8 heteroatoms. The number of aliphatic hydroxyl groups is 1. The molecule has 0 aliphatic rings. The van der Waals surface area contributed by atoms with Crippen molar-refractivity contribution in [3.8, 4) is 0 Å². The Balaban J connectivity index is 3.78. The minimum absolute atomic E-state index is 0.166. The third-order valence-corrected chi connectivity index (χ3v) is 2.77. The topological polar surface area (TPSA) is 116 Å². The summed E-state index contributed by atoms with van der Waals surface area (Å²) < 4.78 is 10.8. The summed E-state index contributed by atoms with van der Waals surface area (Å²) in [6.45, 7) is 1.40. The van der Waals surface area contributed by atoms with Crippen molar-refractivity contribution in [1.82, 2.24) is 10.6 Å². The van der Waals surface area contributed by atoms with Gasteiger partial charge in [0.15, 0.2) is 6.10 Å². The quantitative estimate of drug-likeness (QED) is 0.466. The number of carboxylic acids is 1. The van der Waals surface area contributed by atoms with E-state index in [0.29, 0.717) is 12.2 Å². The largest absolute Gasteiger partial charge is 0.479 e. The third kappa shape index (κ3) is 8.64. The first kappa shape index (κ1) is 15.9. The fraction of sp³-hybridized carbons (Fsp3) is 0.778. The molecule has 2 amide bonds. The lowest BCUT2D eigenvalue weighted by Crippen LogP contribution is -2.45. The lowest BCUT2D eigenvalue weighted by molar-refractivity contribution is -0.146. The number of rotatable bonds is 7. The Labute approximate surface area is 102 Å². The number of aliphatic hydroxyl groups excluding tert-OH is 1. The molecule has 0 aliphatic carbocycles. The normalized spacial score (nSPS) is 15.7. The monoisotopic (exact) mass is 266 g/mol. The summed E-state index contributed by atoms with van der Waals surface area (Å²) in [6.07, 6.45) is 0.535. The molecular weight excluding hydrogens is 248 g/mol. The van der Waals surface area contributed by atoms with E-state index in [1.165, 1.54) is 0 Å². The number of urea groups is 1. The van der Waals surface area contributed by atoms with Crippen LogP contribution in [0.25, 0.3) is 0 Å². The summed E-state index contributed by atoms with van der Waals surface area (Å²) >= 11 is 0. The number of carbonyl (C=O) groups is 2. The Morgan fingerprint density at radius 1 is 1.41 bits per heavy atom. The van der Waals surface area contributed by atoms with Gasteiger partial charge in [-0.15, -0.1) is 0 Å². The third-order valence-electron chi connectivity index (χ3n) is 1.96. The minimum Gasteiger partial charge on any atom is -0.479 e. The average molecular weight is 266 g/mol. The number of carboxylic acid groups (broad SMARTS) is 1. The lowest BCUT2D eigenvalue weighted by atomic mass is 10.3. The summed E-state index contributed by atoms with van der Waals surface area (Å²) in [7, 11) is -0.908. The molecule has 4 N–H and O–H groups in total. The van der Waals surface area contributed by atoms with Crippen LogP contribution in [0.2, 0.25) is 0 Å². The van der Waals surface area contributed by atoms with Crippen LogP contribution in [0.5, 0.6) is 0 Å². The van der Waals surface area contributed by atoms with Crippen molar-refractivity contribution in [2.24, 2.45) is 0 Å². The second kappa shape index (κ2) is 8.02. The minimum atomic E-state index is -1.61. The van der Waals surface area contributed by atoms with Gasteiger partial charge in [0.1, 0.15) is 0 Å². The summed E-state index contributed by atoms with van der Waals surface area (Å²) in [5.74, 6) is -0.904. The Kier molecular flexibility index (Phi) is 7.47. The average Bonchev–Trinajstić information content (AvgIpc) is 2.22. The van der Waals surface area contributed by atoms with Gasteiger partial charge in [0.2, 0.25) is 0 Å². The van der Waals surface area contributed by atoms with E-state index in [1.54, 1.807) is 13.2 Å². The van der Waals surface area contributed by atoms with Gasteiger partial charge >= 0.3 is 12.0 Å². The van der Waals surface area contributed by atoms with Crippen molar-refractivity contribution in [2.75, 3.05) is 18.6 Å². The van der Waals surface area contributed by atoms with E-state index in [4.69, 9.17) is 10.2 Å². The Morgan fingerprint density at radius 2 is 2.00 bits per heavy atom. The highest BCUT2D eigenvalue weighted by Gasteiger charge is 2.14. The first-order valence-corrected chi connectivity index (χ1v) is 6.81. The van der Waals surface area contributed by atoms with E-state index in [0.717, 1.165) is 0 Å². The maximum atomic E-state index is 11.2. The van der Waals surface area contributed by atoms with Gasteiger partial charge in [-0.2, -0.15) is 0 Å². The van der Waals surface area contributed by atoms with Crippen LogP contribution in [0.4, 0.5) is 4.79 Å². The molecule has 0 spiro atoms. The SMILES string of the molecule is CC(CCS(C)=O)NC(=O)NC[C@H](O)C(=O)O. The highest BCUT2D eigenvalue weighted by molar-refractivity contribution is 7.84. The van der Waals surface area contributed by atoms with Crippen LogP contribution in [0.1, 0.15) is 13.3 Å². The lowest BCUT2D eigenvalue weighted by Gasteiger charge is -2.14. The molecule has 17 heavy (non-hydrogen) atoms. The van der Waals surface area contributed by atoms with Crippen LogP contribution in [-0.2, 0) is 15.6 Å². The van der Waals surface area contributed by atoms with Gasteiger partial charge in [0, 0.05) is 28.9 Å². The molecule has 100 valence electrons. The second-order valence-corrected chi connectivity index (χ2v) is 5.23. The molecule has 0 saturated heterocycles. The van der Waals surface area contributed by atoms with Crippen LogP contribution >= 0.6 is 0 Å². The van der Waals surface area contributed by atoms with Crippen molar-refractivity contribution in [3.05, 3.63) is 0 Å². The standard InChI is InChI=1S/C9H18N2O5S/c1-6(3-4-17(2)16)11-9(15)10-5-7(12)8(13)14/h6-7,12H,3-5H2,1-2H3,(H,13,14)(H2,10,11,15)/t6?,7-,17?/m0/s1. The maximum absolute atomic E-state index is 11.2. The number of hydrogen-bond donors (Lipinski definition) is 4. The zero-order chi connectivity index (χ0) is 13.4. The molecule has 7 nitrogen and oxygen atoms in total. The molecule has 0 saturated carbocycles. The predicted octanol–water partition coefficient (Wildman–Crippen LogP) is -1.11. The van der Waals surface area contributed by atoms with Gasteiger partial charge in [0.05, 0.1) is 6.54 Å². The van der Waals surface area contributed by atoms with E-state index >= 15 is 0 Å². The molecule has 0 rings (SSSR count). The highest BCUT2D eigenvalue weighted by Crippen LogP contribution is 1.92. The molecule has 3 atom stereocenters. The molecule has 0 heterocycles. The van der Waals surface area contributed by atoms with Gasteiger partial charge < -0.3 is 20.8 Å². The molecule has 0 fully saturated rings. The fourth-order valence-corrected chi connectivity index (χ4v) is 1.65. The van der Waals surface area contributed by atoms with Crippen molar-refractivity contribution in [3.63, 3.8) is 0 Å². The Hall–Kier alpha value is -1.15. The highest BCUT2D eigenvalue weighted by atomic mass is 32.2. The van der Waals surface area contributed by atoms with E-state index in [2.05, 4.69) is 10.6 Å². The Bertz CT molecular complexity index is 297. The number of nitrogens with one attached hydrogen (secondary N) is 2. The van der Waals surface area contributed by atoms with Gasteiger partial charge in [-0.3, -0.25) is 4.21 Å².